The van der Waals surface area contributed by atoms with Crippen LogP contribution in [0, 0.1) is 10.1 Å². The van der Waals surface area contributed by atoms with Gasteiger partial charge in [-0.1, -0.05) is 0 Å². The maximum atomic E-state index is 12.4. The number of hydrogen-bond acceptors (Lipinski definition) is 7. The van der Waals surface area contributed by atoms with E-state index in [1.165, 1.54) is 29.7 Å². The molecule has 2 aromatic carbocycles. The van der Waals surface area contributed by atoms with Crippen LogP contribution in [0.3, 0.4) is 0 Å². The third kappa shape index (κ3) is 4.95. The molecule has 0 aliphatic carbocycles. The van der Waals surface area contributed by atoms with Crippen LogP contribution in [0.15, 0.2) is 46.0 Å². The number of hydrazone groups is 1. The van der Waals surface area contributed by atoms with Gasteiger partial charge in [0.2, 0.25) is 0 Å². The van der Waals surface area contributed by atoms with E-state index in [1.807, 2.05) is 13.8 Å². The molecule has 3 rings (SSSR count). The minimum absolute atomic E-state index is 0.0187. The molecule has 1 heterocycles. The van der Waals surface area contributed by atoms with Crippen LogP contribution in [-0.2, 0) is 0 Å². The number of hydrogen-bond donors (Lipinski definition) is 1. The lowest BCUT2D eigenvalue weighted by molar-refractivity contribution is -0.384. The molecule has 1 amide bonds. The molecule has 3 aromatic rings. The van der Waals surface area contributed by atoms with Crippen LogP contribution in [0.5, 0.6) is 11.5 Å². The van der Waals surface area contributed by atoms with E-state index in [1.54, 1.807) is 24.3 Å². The molecule has 0 bridgehead atoms. The first kappa shape index (κ1) is 21.7. The van der Waals surface area contributed by atoms with Gasteiger partial charge < -0.3 is 9.47 Å². The number of nitrogens with one attached hydrogen (secondary N) is 1. The lowest BCUT2D eigenvalue weighted by Crippen LogP contribution is -2.16. The number of nitro groups is 1. The number of halogens is 1. The number of carbonyl (C=O) groups excluding carboxylic acids is 1. The normalized spacial score (nSPS) is 11.0. The highest BCUT2D eigenvalue weighted by atomic mass is 79.9. The Morgan fingerprint density at radius 3 is 2.63 bits per heavy atom. The molecule has 0 saturated heterocycles. The standard InChI is InChI=1S/C20H18BrN3O5S/c1-3-28-16-10-17(29-4-2)15(21)8-13(16)11-22-23-20(25)19-9-12-7-14(24(26)27)5-6-18(12)30-19/h5-11H,3-4H2,1-2H3,(H,23,25)/b22-11-. The molecular weight excluding hydrogens is 474 g/mol. The van der Waals surface area contributed by atoms with Crippen molar-refractivity contribution in [3.63, 3.8) is 0 Å². The predicted molar refractivity (Wildman–Crippen MR) is 120 cm³/mol. The number of non-ortho nitro benzene ring substituents is 1. The lowest BCUT2D eigenvalue weighted by Gasteiger charge is -2.12. The molecule has 0 spiro atoms. The average Bonchev–Trinajstić information content (AvgIpc) is 3.14. The molecular formula is C20H18BrN3O5S. The van der Waals surface area contributed by atoms with E-state index >= 15 is 0 Å². The molecule has 0 aliphatic heterocycles. The molecule has 30 heavy (non-hydrogen) atoms. The Morgan fingerprint density at radius 2 is 1.93 bits per heavy atom. The van der Waals surface area contributed by atoms with Gasteiger partial charge in [0.05, 0.1) is 33.7 Å². The van der Waals surface area contributed by atoms with E-state index < -0.39 is 10.8 Å². The quantitative estimate of drug-likeness (QED) is 0.267. The van der Waals surface area contributed by atoms with Crippen molar-refractivity contribution in [3.8, 4) is 11.5 Å². The largest absolute Gasteiger partial charge is 0.493 e. The van der Waals surface area contributed by atoms with Gasteiger partial charge in [0, 0.05) is 33.8 Å². The van der Waals surface area contributed by atoms with Gasteiger partial charge in [0.15, 0.2) is 0 Å². The number of amides is 1. The Labute approximate surface area is 184 Å². The van der Waals surface area contributed by atoms with E-state index in [4.69, 9.17) is 9.47 Å². The first-order chi connectivity index (χ1) is 14.4. The smallest absolute Gasteiger partial charge is 0.281 e. The first-order valence-electron chi connectivity index (χ1n) is 9.03. The van der Waals surface area contributed by atoms with Gasteiger partial charge >= 0.3 is 0 Å². The number of ether oxygens (including phenoxy) is 2. The minimum Gasteiger partial charge on any atom is -0.493 e. The van der Waals surface area contributed by atoms with Crippen molar-refractivity contribution in [2.24, 2.45) is 5.10 Å². The zero-order valence-corrected chi connectivity index (χ0v) is 18.6. The second-order valence-electron chi connectivity index (χ2n) is 5.98. The van der Waals surface area contributed by atoms with Gasteiger partial charge in [-0.3, -0.25) is 14.9 Å². The highest BCUT2D eigenvalue weighted by Gasteiger charge is 2.13. The van der Waals surface area contributed by atoms with Crippen molar-refractivity contribution >= 4 is 55.2 Å². The molecule has 156 valence electrons. The van der Waals surface area contributed by atoms with Crippen LogP contribution >= 0.6 is 27.3 Å². The van der Waals surface area contributed by atoms with Crippen LogP contribution in [0.1, 0.15) is 29.1 Å². The van der Waals surface area contributed by atoms with Crippen molar-refractivity contribution in [3.05, 3.63) is 61.4 Å². The van der Waals surface area contributed by atoms with Crippen molar-refractivity contribution in [1.29, 1.82) is 0 Å². The molecule has 0 atom stereocenters. The average molecular weight is 492 g/mol. The van der Waals surface area contributed by atoms with Crippen LogP contribution in [0.25, 0.3) is 10.1 Å². The topological polar surface area (TPSA) is 103 Å². The summed E-state index contributed by atoms with van der Waals surface area (Å²) in [5.74, 6) is 0.830. The van der Waals surface area contributed by atoms with Crippen molar-refractivity contribution < 1.29 is 19.2 Å². The van der Waals surface area contributed by atoms with Gasteiger partial charge in [0.1, 0.15) is 11.5 Å². The van der Waals surface area contributed by atoms with Crippen LogP contribution < -0.4 is 14.9 Å². The van der Waals surface area contributed by atoms with Crippen molar-refractivity contribution in [1.82, 2.24) is 5.43 Å². The SMILES string of the molecule is CCOc1cc(OCC)c(/C=N\NC(=O)c2cc3cc([N+](=O)[O-])ccc3s2)cc1Br. The first-order valence-corrected chi connectivity index (χ1v) is 10.6. The Kier molecular flexibility index (Phi) is 7.01. The highest BCUT2D eigenvalue weighted by Crippen LogP contribution is 2.33. The summed E-state index contributed by atoms with van der Waals surface area (Å²) in [7, 11) is 0. The Balaban J connectivity index is 1.77. The van der Waals surface area contributed by atoms with Crippen molar-refractivity contribution in [2.75, 3.05) is 13.2 Å². The second-order valence-corrected chi connectivity index (χ2v) is 7.91. The summed E-state index contributed by atoms with van der Waals surface area (Å²) >= 11 is 4.69. The van der Waals surface area contributed by atoms with Crippen LogP contribution in [-0.4, -0.2) is 30.3 Å². The summed E-state index contributed by atoms with van der Waals surface area (Å²) in [6.45, 7) is 4.75. The molecule has 0 fully saturated rings. The summed E-state index contributed by atoms with van der Waals surface area (Å²) in [6.07, 6.45) is 1.49. The fraction of sp³-hybridized carbons (Fsp3) is 0.200. The maximum Gasteiger partial charge on any atom is 0.281 e. The molecule has 0 unspecified atom stereocenters. The molecule has 8 nitrogen and oxygen atoms in total. The molecule has 0 saturated carbocycles. The van der Waals surface area contributed by atoms with E-state index in [0.717, 1.165) is 9.17 Å². The Bertz CT molecular complexity index is 1130. The predicted octanol–water partition coefficient (Wildman–Crippen LogP) is 5.13. The van der Waals surface area contributed by atoms with Crippen molar-refractivity contribution in [2.45, 2.75) is 13.8 Å². The van der Waals surface area contributed by atoms with Gasteiger partial charge in [0.25, 0.3) is 11.6 Å². The zero-order valence-electron chi connectivity index (χ0n) is 16.2. The van der Waals surface area contributed by atoms with Crippen LogP contribution in [0.4, 0.5) is 5.69 Å². The molecule has 10 heteroatoms. The number of fused-ring (bicyclic) bond motifs is 1. The maximum absolute atomic E-state index is 12.4. The van der Waals surface area contributed by atoms with E-state index in [-0.39, 0.29) is 5.69 Å². The summed E-state index contributed by atoms with van der Waals surface area (Å²) in [6, 6.07) is 9.65. The number of carbonyl (C=O) groups is 1. The number of nitrogens with zero attached hydrogens (tertiary/aromatic N) is 2. The summed E-state index contributed by atoms with van der Waals surface area (Å²) in [5, 5.41) is 15.6. The highest BCUT2D eigenvalue weighted by molar-refractivity contribution is 9.10. The van der Waals surface area contributed by atoms with Gasteiger partial charge in [-0.25, -0.2) is 5.43 Å². The molecule has 1 aromatic heterocycles. The third-order valence-electron chi connectivity index (χ3n) is 3.97. The fourth-order valence-corrected chi connectivity index (χ4v) is 4.08. The second kappa shape index (κ2) is 9.68. The Morgan fingerprint density at radius 1 is 1.20 bits per heavy atom. The molecule has 0 aliphatic rings. The third-order valence-corrected chi connectivity index (χ3v) is 5.70. The number of benzene rings is 2. The summed E-state index contributed by atoms with van der Waals surface area (Å²) < 4.78 is 12.7. The molecule has 1 N–H and O–H groups in total. The fourth-order valence-electron chi connectivity index (χ4n) is 2.67. The van der Waals surface area contributed by atoms with E-state index in [0.29, 0.717) is 40.5 Å². The van der Waals surface area contributed by atoms with Gasteiger partial charge in [-0.15, -0.1) is 11.3 Å². The van der Waals surface area contributed by atoms with Crippen LogP contribution in [0.2, 0.25) is 0 Å². The number of thiophene rings is 1. The number of rotatable bonds is 8. The lowest BCUT2D eigenvalue weighted by atomic mass is 10.2. The van der Waals surface area contributed by atoms with Gasteiger partial charge in [-0.05, 0) is 48.0 Å². The summed E-state index contributed by atoms with van der Waals surface area (Å²) in [4.78, 5) is 23.3. The summed E-state index contributed by atoms with van der Waals surface area (Å²) in [5.41, 5.74) is 3.13. The number of nitro benzene ring substituents is 1. The molecule has 0 radical (unpaired) electrons. The monoisotopic (exact) mass is 491 g/mol. The Hall–Kier alpha value is -2.98. The van der Waals surface area contributed by atoms with E-state index in [2.05, 4.69) is 26.5 Å². The van der Waals surface area contributed by atoms with E-state index in [9.17, 15) is 14.9 Å². The minimum atomic E-state index is -0.466. The zero-order chi connectivity index (χ0) is 21.7. The van der Waals surface area contributed by atoms with Gasteiger partial charge in [-0.2, -0.15) is 5.10 Å².